The van der Waals surface area contributed by atoms with Crippen molar-refractivity contribution in [2.24, 2.45) is 11.7 Å². The maximum absolute atomic E-state index is 11.6. The minimum absolute atomic E-state index is 0.125. The molecule has 0 spiro atoms. The molecule has 0 atom stereocenters. The average molecular weight is 214 g/mol. The van der Waals surface area contributed by atoms with E-state index in [-0.39, 0.29) is 11.8 Å². The first-order valence-corrected chi connectivity index (χ1v) is 5.67. The summed E-state index contributed by atoms with van der Waals surface area (Å²) >= 11 is 4.71. The van der Waals surface area contributed by atoms with E-state index in [0.717, 1.165) is 12.8 Å². The number of carbonyl (C=O) groups is 1. The Balaban J connectivity index is 2.30. The van der Waals surface area contributed by atoms with Crippen molar-refractivity contribution in [3.8, 4) is 0 Å². The number of carbonyl (C=O) groups excluding carboxylic acids is 1. The van der Waals surface area contributed by atoms with Crippen molar-refractivity contribution in [3.05, 3.63) is 0 Å². The van der Waals surface area contributed by atoms with Gasteiger partial charge in [0.25, 0.3) is 0 Å². The number of nitrogens with two attached hydrogens (primary N) is 1. The first-order valence-electron chi connectivity index (χ1n) is 5.26. The summed E-state index contributed by atoms with van der Waals surface area (Å²) in [6.45, 7) is 0.338. The Bertz CT molecular complexity index is 210. The lowest BCUT2D eigenvalue weighted by Crippen LogP contribution is -2.36. The molecular weight excluding hydrogens is 196 g/mol. The second-order valence-corrected chi connectivity index (χ2v) is 4.40. The van der Waals surface area contributed by atoms with Gasteiger partial charge < -0.3 is 11.1 Å². The monoisotopic (exact) mass is 214 g/mol. The number of hydrogen-bond acceptors (Lipinski definition) is 2. The average Bonchev–Trinajstić information content (AvgIpc) is 2.42. The van der Waals surface area contributed by atoms with Gasteiger partial charge in [-0.2, -0.15) is 0 Å². The van der Waals surface area contributed by atoms with Gasteiger partial charge in [0.1, 0.15) is 0 Å². The lowest BCUT2D eigenvalue weighted by atomic mass is 9.99. The number of thiocarbonyl (C=S) groups is 1. The summed E-state index contributed by atoms with van der Waals surface area (Å²) in [5.41, 5.74) is 5.32. The maximum Gasteiger partial charge on any atom is 0.223 e. The predicted octanol–water partition coefficient (Wildman–Crippen LogP) is 1.36. The zero-order valence-electron chi connectivity index (χ0n) is 8.42. The molecule has 80 valence electrons. The van der Waals surface area contributed by atoms with Crippen LogP contribution in [0.15, 0.2) is 0 Å². The van der Waals surface area contributed by atoms with Crippen LogP contribution in [-0.2, 0) is 4.79 Å². The van der Waals surface area contributed by atoms with Gasteiger partial charge in [-0.3, -0.25) is 4.79 Å². The zero-order valence-corrected chi connectivity index (χ0v) is 9.24. The molecule has 3 N–H and O–H groups in total. The van der Waals surface area contributed by atoms with E-state index in [2.05, 4.69) is 5.32 Å². The van der Waals surface area contributed by atoms with Gasteiger partial charge in [-0.25, -0.2) is 0 Å². The van der Waals surface area contributed by atoms with Crippen LogP contribution in [0.4, 0.5) is 0 Å². The Kier molecular flexibility index (Phi) is 4.87. The highest BCUT2D eigenvalue weighted by Gasteiger charge is 2.19. The van der Waals surface area contributed by atoms with Gasteiger partial charge in [0.15, 0.2) is 0 Å². The van der Waals surface area contributed by atoms with Crippen LogP contribution in [0.1, 0.15) is 38.5 Å². The summed E-state index contributed by atoms with van der Waals surface area (Å²) in [6, 6.07) is 0. The molecule has 0 bridgehead atoms. The van der Waals surface area contributed by atoms with Crippen LogP contribution < -0.4 is 11.1 Å². The standard InChI is InChI=1S/C10H18N2OS/c11-9(14)7-12-10(13)8-5-3-1-2-4-6-8/h8H,1-7H2,(H2,11,14)(H,12,13). The molecule has 0 radical (unpaired) electrons. The van der Waals surface area contributed by atoms with E-state index in [9.17, 15) is 4.79 Å². The fourth-order valence-corrected chi connectivity index (χ4v) is 1.93. The van der Waals surface area contributed by atoms with Crippen LogP contribution in [0.3, 0.4) is 0 Å². The lowest BCUT2D eigenvalue weighted by molar-refractivity contribution is -0.125. The minimum atomic E-state index is 0.125. The van der Waals surface area contributed by atoms with Crippen molar-refractivity contribution in [3.63, 3.8) is 0 Å². The fraction of sp³-hybridized carbons (Fsp3) is 0.800. The summed E-state index contributed by atoms with van der Waals surface area (Å²) in [7, 11) is 0. The third kappa shape index (κ3) is 4.05. The molecule has 1 aliphatic rings. The molecule has 0 saturated heterocycles. The molecule has 0 heterocycles. The van der Waals surface area contributed by atoms with Crippen LogP contribution in [0.2, 0.25) is 0 Å². The van der Waals surface area contributed by atoms with Gasteiger partial charge in [-0.1, -0.05) is 37.9 Å². The second kappa shape index (κ2) is 5.96. The normalized spacial score (nSPS) is 18.6. The van der Waals surface area contributed by atoms with E-state index in [0.29, 0.717) is 11.5 Å². The molecule has 1 saturated carbocycles. The summed E-state index contributed by atoms with van der Waals surface area (Å²) < 4.78 is 0. The van der Waals surface area contributed by atoms with Gasteiger partial charge in [0.05, 0.1) is 11.5 Å². The van der Waals surface area contributed by atoms with E-state index in [1.807, 2.05) is 0 Å². The lowest BCUT2D eigenvalue weighted by Gasteiger charge is -2.13. The number of rotatable bonds is 3. The smallest absolute Gasteiger partial charge is 0.223 e. The first-order chi connectivity index (χ1) is 6.70. The quantitative estimate of drug-likeness (QED) is 0.551. The van der Waals surface area contributed by atoms with E-state index < -0.39 is 0 Å². The van der Waals surface area contributed by atoms with E-state index >= 15 is 0 Å². The molecule has 0 aromatic heterocycles. The van der Waals surface area contributed by atoms with Crippen molar-refractivity contribution in [1.82, 2.24) is 5.32 Å². The molecule has 1 amide bonds. The predicted molar refractivity (Wildman–Crippen MR) is 61.0 cm³/mol. The molecule has 1 rings (SSSR count). The number of amides is 1. The SMILES string of the molecule is NC(=S)CNC(=O)C1CCCCCC1. The van der Waals surface area contributed by atoms with Crippen LogP contribution in [0, 0.1) is 5.92 Å². The molecule has 14 heavy (non-hydrogen) atoms. The van der Waals surface area contributed by atoms with E-state index in [4.69, 9.17) is 18.0 Å². The number of hydrogen-bond donors (Lipinski definition) is 2. The van der Waals surface area contributed by atoms with Gasteiger partial charge >= 0.3 is 0 Å². The molecule has 1 aliphatic carbocycles. The Morgan fingerprint density at radius 2 is 1.86 bits per heavy atom. The minimum Gasteiger partial charge on any atom is -0.392 e. The summed E-state index contributed by atoms with van der Waals surface area (Å²) in [5, 5.41) is 2.77. The van der Waals surface area contributed by atoms with Crippen molar-refractivity contribution in [1.29, 1.82) is 0 Å². The van der Waals surface area contributed by atoms with E-state index in [1.165, 1.54) is 25.7 Å². The Labute approximate surface area is 90.4 Å². The van der Waals surface area contributed by atoms with Gasteiger partial charge in [0, 0.05) is 5.92 Å². The molecule has 1 fully saturated rings. The largest absolute Gasteiger partial charge is 0.392 e. The first kappa shape index (κ1) is 11.4. The molecule has 0 aromatic carbocycles. The van der Waals surface area contributed by atoms with Crippen LogP contribution >= 0.6 is 12.2 Å². The van der Waals surface area contributed by atoms with Gasteiger partial charge in [0.2, 0.25) is 5.91 Å². The van der Waals surface area contributed by atoms with Crippen LogP contribution in [0.25, 0.3) is 0 Å². The van der Waals surface area contributed by atoms with Crippen LogP contribution in [0.5, 0.6) is 0 Å². The molecule has 0 unspecified atom stereocenters. The highest BCUT2D eigenvalue weighted by molar-refractivity contribution is 7.80. The third-order valence-corrected chi connectivity index (χ3v) is 2.81. The third-order valence-electron chi connectivity index (χ3n) is 2.66. The molecule has 3 nitrogen and oxygen atoms in total. The number of nitrogens with one attached hydrogen (secondary N) is 1. The summed E-state index contributed by atoms with van der Waals surface area (Å²) in [5.74, 6) is 0.312. The summed E-state index contributed by atoms with van der Waals surface area (Å²) in [6.07, 6.45) is 6.90. The molecule has 4 heteroatoms. The van der Waals surface area contributed by atoms with Gasteiger partial charge in [-0.05, 0) is 12.8 Å². The van der Waals surface area contributed by atoms with Crippen molar-refractivity contribution < 1.29 is 4.79 Å². The van der Waals surface area contributed by atoms with Gasteiger partial charge in [-0.15, -0.1) is 0 Å². The Morgan fingerprint density at radius 3 is 2.36 bits per heavy atom. The highest BCUT2D eigenvalue weighted by atomic mass is 32.1. The molecular formula is C10H18N2OS. The molecule has 0 aliphatic heterocycles. The maximum atomic E-state index is 11.6. The highest BCUT2D eigenvalue weighted by Crippen LogP contribution is 2.22. The summed E-state index contributed by atoms with van der Waals surface area (Å²) in [4.78, 5) is 12.0. The topological polar surface area (TPSA) is 55.1 Å². The van der Waals surface area contributed by atoms with Crippen molar-refractivity contribution in [2.45, 2.75) is 38.5 Å². The fourth-order valence-electron chi connectivity index (χ4n) is 1.86. The van der Waals surface area contributed by atoms with Crippen molar-refractivity contribution in [2.75, 3.05) is 6.54 Å². The Morgan fingerprint density at radius 1 is 1.29 bits per heavy atom. The molecule has 0 aromatic rings. The Hall–Kier alpha value is -0.640. The zero-order chi connectivity index (χ0) is 10.4. The van der Waals surface area contributed by atoms with Crippen molar-refractivity contribution >= 4 is 23.1 Å². The van der Waals surface area contributed by atoms with Crippen LogP contribution in [-0.4, -0.2) is 17.4 Å². The second-order valence-electron chi connectivity index (χ2n) is 3.87. The van der Waals surface area contributed by atoms with E-state index in [1.54, 1.807) is 0 Å².